The van der Waals surface area contributed by atoms with Gasteiger partial charge in [0.1, 0.15) is 6.04 Å². The molecule has 6 heteroatoms. The van der Waals surface area contributed by atoms with Crippen LogP contribution in [0, 0.1) is 6.92 Å². The van der Waals surface area contributed by atoms with E-state index in [4.69, 9.17) is 5.73 Å². The molecule has 18 heavy (non-hydrogen) atoms. The number of hydrogen-bond donors (Lipinski definition) is 1. The first-order valence-corrected chi connectivity index (χ1v) is 7.47. The van der Waals surface area contributed by atoms with Gasteiger partial charge in [-0.25, -0.2) is 8.42 Å². The van der Waals surface area contributed by atoms with Crippen LogP contribution in [0.3, 0.4) is 0 Å². The minimum absolute atomic E-state index is 0.330. The molecule has 0 spiro atoms. The van der Waals surface area contributed by atoms with Crippen molar-refractivity contribution in [2.75, 3.05) is 10.6 Å². The zero-order chi connectivity index (χ0) is 13.9. The number of nitrogens with zero attached hydrogens (tertiary/aromatic N) is 1. The molecule has 0 aliphatic heterocycles. The second-order valence-electron chi connectivity index (χ2n) is 4.22. The molecule has 1 amide bonds. The summed E-state index contributed by atoms with van der Waals surface area (Å²) in [5, 5.41) is 0. The first kappa shape index (κ1) is 14.5. The van der Waals surface area contributed by atoms with Crippen molar-refractivity contribution < 1.29 is 13.2 Å². The van der Waals surface area contributed by atoms with Gasteiger partial charge in [-0.1, -0.05) is 24.6 Å². The smallest absolute Gasteiger partial charge is 0.241 e. The van der Waals surface area contributed by atoms with Gasteiger partial charge in [-0.05, 0) is 25.5 Å². The molecular formula is C12H18N2O3S. The SMILES string of the molecule is CCC(C(N)=O)N(c1ccc(C)cc1)S(C)(=O)=O. The third-order valence-corrected chi connectivity index (χ3v) is 3.82. The first-order chi connectivity index (χ1) is 8.27. The van der Waals surface area contributed by atoms with E-state index < -0.39 is 22.0 Å². The fourth-order valence-electron chi connectivity index (χ4n) is 1.78. The number of hydrogen-bond acceptors (Lipinski definition) is 3. The average molecular weight is 270 g/mol. The minimum Gasteiger partial charge on any atom is -0.368 e. The summed E-state index contributed by atoms with van der Waals surface area (Å²) in [6.45, 7) is 3.63. The van der Waals surface area contributed by atoms with Gasteiger partial charge in [0.05, 0.1) is 11.9 Å². The zero-order valence-corrected chi connectivity index (χ0v) is 11.6. The molecule has 0 saturated heterocycles. The van der Waals surface area contributed by atoms with Crippen molar-refractivity contribution in [3.05, 3.63) is 29.8 Å². The largest absolute Gasteiger partial charge is 0.368 e. The molecule has 1 unspecified atom stereocenters. The average Bonchev–Trinajstić information content (AvgIpc) is 2.25. The van der Waals surface area contributed by atoms with E-state index in [1.165, 1.54) is 0 Å². The molecule has 0 aromatic heterocycles. The molecule has 0 aliphatic rings. The van der Waals surface area contributed by atoms with Crippen molar-refractivity contribution in [1.29, 1.82) is 0 Å². The van der Waals surface area contributed by atoms with E-state index in [1.807, 2.05) is 6.92 Å². The zero-order valence-electron chi connectivity index (χ0n) is 10.8. The molecule has 0 saturated carbocycles. The van der Waals surface area contributed by atoms with E-state index in [-0.39, 0.29) is 0 Å². The Labute approximate surface area is 108 Å². The Morgan fingerprint density at radius 2 is 1.83 bits per heavy atom. The number of nitrogens with two attached hydrogens (primary N) is 1. The van der Waals surface area contributed by atoms with E-state index in [0.29, 0.717) is 12.1 Å². The van der Waals surface area contributed by atoms with Crippen molar-refractivity contribution >= 4 is 21.6 Å². The Hall–Kier alpha value is -1.56. The number of primary amides is 1. The number of carbonyl (C=O) groups excluding carboxylic acids is 1. The van der Waals surface area contributed by atoms with E-state index >= 15 is 0 Å². The van der Waals surface area contributed by atoms with Crippen molar-refractivity contribution in [2.45, 2.75) is 26.3 Å². The third-order valence-electron chi connectivity index (χ3n) is 2.64. The number of anilines is 1. The maximum Gasteiger partial charge on any atom is 0.241 e. The topological polar surface area (TPSA) is 80.5 Å². The standard InChI is InChI=1S/C12H18N2O3S/c1-4-11(12(13)15)14(18(3,16)17)10-7-5-9(2)6-8-10/h5-8,11H,4H2,1-3H3,(H2,13,15). The van der Waals surface area contributed by atoms with Crippen molar-refractivity contribution in [2.24, 2.45) is 5.73 Å². The molecule has 0 bridgehead atoms. The number of sulfonamides is 1. The Balaban J connectivity index is 3.30. The number of rotatable bonds is 5. The van der Waals surface area contributed by atoms with Crippen LogP contribution in [-0.2, 0) is 14.8 Å². The van der Waals surface area contributed by atoms with Crippen LogP contribution < -0.4 is 10.0 Å². The predicted molar refractivity (Wildman–Crippen MR) is 71.8 cm³/mol. The van der Waals surface area contributed by atoms with Crippen LogP contribution in [0.4, 0.5) is 5.69 Å². The second-order valence-corrected chi connectivity index (χ2v) is 6.08. The molecule has 0 fully saturated rings. The number of amides is 1. The van der Waals surface area contributed by atoms with Crippen LogP contribution >= 0.6 is 0 Å². The third kappa shape index (κ3) is 3.22. The highest BCUT2D eigenvalue weighted by Crippen LogP contribution is 2.22. The minimum atomic E-state index is -3.55. The van der Waals surface area contributed by atoms with Crippen molar-refractivity contribution in [3.8, 4) is 0 Å². The quantitative estimate of drug-likeness (QED) is 0.867. The summed E-state index contributed by atoms with van der Waals surface area (Å²) in [6.07, 6.45) is 1.40. The Morgan fingerprint density at radius 3 is 2.17 bits per heavy atom. The molecule has 100 valence electrons. The first-order valence-electron chi connectivity index (χ1n) is 5.62. The fraction of sp³-hybridized carbons (Fsp3) is 0.417. The molecule has 1 aromatic carbocycles. The monoisotopic (exact) mass is 270 g/mol. The normalized spacial score (nSPS) is 13.1. The molecule has 0 radical (unpaired) electrons. The second kappa shape index (κ2) is 5.39. The number of benzene rings is 1. The summed E-state index contributed by atoms with van der Waals surface area (Å²) in [6, 6.07) is 6.06. The lowest BCUT2D eigenvalue weighted by molar-refractivity contribution is -0.119. The summed E-state index contributed by atoms with van der Waals surface area (Å²) >= 11 is 0. The maximum absolute atomic E-state index is 11.8. The lowest BCUT2D eigenvalue weighted by Gasteiger charge is -2.28. The molecule has 5 nitrogen and oxygen atoms in total. The van der Waals surface area contributed by atoms with Gasteiger partial charge in [-0.15, -0.1) is 0 Å². The van der Waals surface area contributed by atoms with Gasteiger partial charge >= 0.3 is 0 Å². The van der Waals surface area contributed by atoms with Gasteiger partial charge in [0.15, 0.2) is 0 Å². The molecule has 1 atom stereocenters. The van der Waals surface area contributed by atoms with E-state index in [9.17, 15) is 13.2 Å². The molecule has 1 rings (SSSR count). The van der Waals surface area contributed by atoms with Gasteiger partial charge in [-0.3, -0.25) is 9.10 Å². The summed E-state index contributed by atoms with van der Waals surface area (Å²) in [5.74, 6) is -0.650. The van der Waals surface area contributed by atoms with Crippen LogP contribution in [0.5, 0.6) is 0 Å². The van der Waals surface area contributed by atoms with Gasteiger partial charge in [-0.2, -0.15) is 0 Å². The molecule has 0 aliphatic carbocycles. The maximum atomic E-state index is 11.8. The predicted octanol–water partition coefficient (Wildman–Crippen LogP) is 1.02. The molecule has 2 N–H and O–H groups in total. The Bertz CT molecular complexity index is 523. The molecular weight excluding hydrogens is 252 g/mol. The van der Waals surface area contributed by atoms with Crippen LogP contribution in [0.15, 0.2) is 24.3 Å². The summed E-state index contributed by atoms with van der Waals surface area (Å²) in [5.41, 5.74) is 6.73. The van der Waals surface area contributed by atoms with Crippen LogP contribution in [0.25, 0.3) is 0 Å². The van der Waals surface area contributed by atoms with E-state index in [2.05, 4.69) is 0 Å². The lowest BCUT2D eigenvalue weighted by Crippen LogP contribution is -2.47. The highest BCUT2D eigenvalue weighted by Gasteiger charge is 2.29. The number of aryl methyl sites for hydroxylation is 1. The van der Waals surface area contributed by atoms with Crippen LogP contribution in [0.2, 0.25) is 0 Å². The van der Waals surface area contributed by atoms with Gasteiger partial charge in [0, 0.05) is 0 Å². The van der Waals surface area contributed by atoms with Gasteiger partial charge in [0.2, 0.25) is 15.9 Å². The summed E-state index contributed by atoms with van der Waals surface area (Å²) in [4.78, 5) is 11.4. The summed E-state index contributed by atoms with van der Waals surface area (Å²) in [7, 11) is -3.55. The fourth-order valence-corrected chi connectivity index (χ4v) is 3.00. The van der Waals surface area contributed by atoms with Crippen molar-refractivity contribution in [1.82, 2.24) is 0 Å². The lowest BCUT2D eigenvalue weighted by atomic mass is 10.1. The molecule has 1 aromatic rings. The van der Waals surface area contributed by atoms with Crippen LogP contribution in [-0.4, -0.2) is 26.6 Å². The summed E-state index contributed by atoms with van der Waals surface area (Å²) < 4.78 is 24.8. The highest BCUT2D eigenvalue weighted by molar-refractivity contribution is 7.92. The van der Waals surface area contributed by atoms with Crippen LogP contribution in [0.1, 0.15) is 18.9 Å². The van der Waals surface area contributed by atoms with E-state index in [1.54, 1.807) is 31.2 Å². The van der Waals surface area contributed by atoms with Crippen molar-refractivity contribution in [3.63, 3.8) is 0 Å². The Morgan fingerprint density at radius 1 is 1.33 bits per heavy atom. The molecule has 0 heterocycles. The van der Waals surface area contributed by atoms with Gasteiger partial charge < -0.3 is 5.73 Å². The highest BCUT2D eigenvalue weighted by atomic mass is 32.2. The van der Waals surface area contributed by atoms with E-state index in [0.717, 1.165) is 16.1 Å². The van der Waals surface area contributed by atoms with Gasteiger partial charge in [0.25, 0.3) is 0 Å². The number of carbonyl (C=O) groups is 1. The Kier molecular flexibility index (Phi) is 4.34.